The second kappa shape index (κ2) is 6.68. The molecule has 30 heavy (non-hydrogen) atoms. The van der Waals surface area contributed by atoms with E-state index in [4.69, 9.17) is 4.98 Å². The molecule has 10 heteroatoms. The largest absolute Gasteiger partial charge is 0.341 e. The summed E-state index contributed by atoms with van der Waals surface area (Å²) in [5.41, 5.74) is 1.73. The van der Waals surface area contributed by atoms with Crippen LogP contribution >= 0.6 is 0 Å². The zero-order valence-electron chi connectivity index (χ0n) is 16.5. The number of imidazole rings is 1. The molecule has 1 atom stereocenters. The van der Waals surface area contributed by atoms with Gasteiger partial charge in [0.05, 0.1) is 17.8 Å². The number of anilines is 1. The molecule has 4 aromatic rings. The van der Waals surface area contributed by atoms with Crippen molar-refractivity contribution in [3.05, 3.63) is 49.5 Å². The van der Waals surface area contributed by atoms with E-state index in [-0.39, 0.29) is 6.04 Å². The maximum atomic E-state index is 5.02. The first-order chi connectivity index (χ1) is 14.8. The van der Waals surface area contributed by atoms with Crippen LogP contribution in [0, 0.1) is 0 Å². The molecule has 2 aliphatic rings. The van der Waals surface area contributed by atoms with Crippen LogP contribution in [0.2, 0.25) is 0 Å². The molecule has 0 N–H and O–H groups in total. The lowest BCUT2D eigenvalue weighted by atomic mass is 9.89. The zero-order chi connectivity index (χ0) is 20.1. The number of rotatable bonds is 4. The van der Waals surface area contributed by atoms with E-state index in [9.17, 15) is 0 Å². The number of fused-ring (bicyclic) bond motifs is 3. The summed E-state index contributed by atoms with van der Waals surface area (Å²) >= 11 is 0. The minimum Gasteiger partial charge on any atom is -0.341 e. The maximum Gasteiger partial charge on any atom is 0.237 e. The lowest BCUT2D eigenvalue weighted by molar-refractivity contribution is 0.341. The number of aromatic nitrogens is 9. The van der Waals surface area contributed by atoms with Gasteiger partial charge in [0.2, 0.25) is 5.95 Å². The Morgan fingerprint density at radius 1 is 1.07 bits per heavy atom. The second-order valence-electron chi connectivity index (χ2n) is 7.60. The Kier molecular flexibility index (Phi) is 3.83. The van der Waals surface area contributed by atoms with E-state index in [0.29, 0.717) is 17.8 Å². The fraction of sp³-hybridized carbons (Fsp3) is 0.350. The van der Waals surface area contributed by atoms with E-state index in [2.05, 4.69) is 42.0 Å². The van der Waals surface area contributed by atoms with Gasteiger partial charge in [0.15, 0.2) is 11.6 Å². The lowest BCUT2D eigenvalue weighted by Gasteiger charge is -2.45. The Hall–Kier alpha value is -3.69. The molecule has 0 spiro atoms. The van der Waals surface area contributed by atoms with Crippen LogP contribution in [0.25, 0.3) is 23.0 Å². The molecular formula is C20H20N10. The number of hydrogen-bond acceptors (Lipinski definition) is 8. The SMILES string of the molecule is CCC1c2nncn2-c2cnc(-n3ccnc3-c3cncnc3)nc2N1C1CCC1. The summed E-state index contributed by atoms with van der Waals surface area (Å²) in [6, 6.07) is 0.615. The summed E-state index contributed by atoms with van der Waals surface area (Å²) in [5.74, 6) is 3.16. The monoisotopic (exact) mass is 400 g/mol. The molecule has 1 fully saturated rings. The van der Waals surface area contributed by atoms with Gasteiger partial charge < -0.3 is 4.90 Å². The van der Waals surface area contributed by atoms with E-state index < -0.39 is 0 Å². The molecule has 1 unspecified atom stereocenters. The first-order valence-corrected chi connectivity index (χ1v) is 10.2. The molecule has 0 bridgehead atoms. The van der Waals surface area contributed by atoms with Gasteiger partial charge in [0.25, 0.3) is 0 Å². The van der Waals surface area contributed by atoms with Crippen LogP contribution in [0.4, 0.5) is 5.82 Å². The van der Waals surface area contributed by atoms with Crippen LogP contribution in [-0.2, 0) is 0 Å². The Morgan fingerprint density at radius 2 is 1.93 bits per heavy atom. The van der Waals surface area contributed by atoms with Crippen molar-refractivity contribution in [2.45, 2.75) is 44.7 Å². The van der Waals surface area contributed by atoms with Gasteiger partial charge in [-0.15, -0.1) is 10.2 Å². The van der Waals surface area contributed by atoms with Gasteiger partial charge in [-0.2, -0.15) is 4.98 Å². The van der Waals surface area contributed by atoms with Crippen molar-refractivity contribution in [3.8, 4) is 23.0 Å². The predicted molar refractivity (Wildman–Crippen MR) is 108 cm³/mol. The summed E-state index contributed by atoms with van der Waals surface area (Å²) in [6.45, 7) is 2.19. The first kappa shape index (κ1) is 17.2. The van der Waals surface area contributed by atoms with Crippen LogP contribution < -0.4 is 4.90 Å². The van der Waals surface area contributed by atoms with Crippen molar-refractivity contribution < 1.29 is 0 Å². The first-order valence-electron chi connectivity index (χ1n) is 10.2. The number of nitrogens with zero attached hydrogens (tertiary/aromatic N) is 10. The summed E-state index contributed by atoms with van der Waals surface area (Å²) in [7, 11) is 0. The van der Waals surface area contributed by atoms with Crippen LogP contribution in [0.3, 0.4) is 0 Å². The summed E-state index contributed by atoms with van der Waals surface area (Å²) in [4.78, 5) is 24.8. The van der Waals surface area contributed by atoms with Gasteiger partial charge in [-0.05, 0) is 25.7 Å². The topological polar surface area (TPSA) is 103 Å². The maximum absolute atomic E-state index is 5.02. The van der Waals surface area contributed by atoms with E-state index in [0.717, 1.165) is 29.3 Å². The quantitative estimate of drug-likeness (QED) is 0.515. The van der Waals surface area contributed by atoms with E-state index in [1.54, 1.807) is 24.9 Å². The highest BCUT2D eigenvalue weighted by atomic mass is 15.4. The van der Waals surface area contributed by atoms with Gasteiger partial charge in [-0.3, -0.25) is 9.13 Å². The number of hydrogen-bond donors (Lipinski definition) is 0. The van der Waals surface area contributed by atoms with Crippen molar-refractivity contribution in [2.24, 2.45) is 0 Å². The molecule has 10 nitrogen and oxygen atoms in total. The molecule has 1 aliphatic carbocycles. The Bertz CT molecular complexity index is 1190. The average Bonchev–Trinajstić information content (AvgIpc) is 3.43. The summed E-state index contributed by atoms with van der Waals surface area (Å²) in [6.07, 6.45) is 16.7. The van der Waals surface area contributed by atoms with Crippen LogP contribution in [0.15, 0.2) is 43.6 Å². The minimum absolute atomic E-state index is 0.151. The molecule has 1 aliphatic heterocycles. The highest BCUT2D eigenvalue weighted by molar-refractivity contribution is 5.63. The van der Waals surface area contributed by atoms with Crippen molar-refractivity contribution in [2.75, 3.05) is 4.90 Å². The molecule has 1 saturated carbocycles. The average molecular weight is 400 g/mol. The summed E-state index contributed by atoms with van der Waals surface area (Å²) < 4.78 is 3.89. The lowest BCUT2D eigenvalue weighted by Crippen LogP contribution is -2.46. The highest BCUT2D eigenvalue weighted by Gasteiger charge is 2.39. The smallest absolute Gasteiger partial charge is 0.237 e. The summed E-state index contributed by atoms with van der Waals surface area (Å²) in [5, 5.41) is 8.58. The van der Waals surface area contributed by atoms with Crippen molar-refractivity contribution in [1.29, 1.82) is 0 Å². The van der Waals surface area contributed by atoms with E-state index >= 15 is 0 Å². The van der Waals surface area contributed by atoms with Gasteiger partial charge in [-0.1, -0.05) is 6.92 Å². The molecule has 0 radical (unpaired) electrons. The van der Waals surface area contributed by atoms with Crippen molar-refractivity contribution in [3.63, 3.8) is 0 Å². The molecule has 6 rings (SSSR count). The third-order valence-corrected chi connectivity index (χ3v) is 5.98. The predicted octanol–water partition coefficient (Wildman–Crippen LogP) is 2.52. The highest BCUT2D eigenvalue weighted by Crippen LogP contribution is 2.43. The molecule has 4 aromatic heterocycles. The Labute approximate surface area is 172 Å². The third-order valence-electron chi connectivity index (χ3n) is 5.98. The van der Waals surface area contributed by atoms with E-state index in [1.807, 2.05) is 21.5 Å². The molecule has 0 amide bonds. The van der Waals surface area contributed by atoms with E-state index in [1.165, 1.54) is 25.6 Å². The van der Waals surface area contributed by atoms with Crippen molar-refractivity contribution in [1.82, 2.24) is 44.3 Å². The molecule has 0 saturated heterocycles. The fourth-order valence-corrected chi connectivity index (χ4v) is 4.33. The molecule has 0 aromatic carbocycles. The molecule has 150 valence electrons. The van der Waals surface area contributed by atoms with Gasteiger partial charge in [-0.25, -0.2) is 19.9 Å². The van der Waals surface area contributed by atoms with Gasteiger partial charge >= 0.3 is 0 Å². The minimum atomic E-state index is 0.151. The van der Waals surface area contributed by atoms with Crippen LogP contribution in [0.5, 0.6) is 0 Å². The van der Waals surface area contributed by atoms with Crippen LogP contribution in [0.1, 0.15) is 44.5 Å². The normalized spacial score (nSPS) is 18.0. The van der Waals surface area contributed by atoms with Gasteiger partial charge in [0.1, 0.15) is 24.2 Å². The Morgan fingerprint density at radius 3 is 2.70 bits per heavy atom. The van der Waals surface area contributed by atoms with Crippen molar-refractivity contribution >= 4 is 5.82 Å². The zero-order valence-corrected chi connectivity index (χ0v) is 16.5. The molecule has 5 heterocycles. The van der Waals surface area contributed by atoms with Crippen LogP contribution in [-0.4, -0.2) is 50.3 Å². The standard InChI is InChI=1S/C20H20N10/c1-2-15-19-27-25-12-29(19)16-10-24-20(26-18(16)30(15)14-4-3-5-14)28-7-6-23-17(28)13-8-21-11-22-9-13/h6-12,14-15H,2-5H2,1H3. The fourth-order valence-electron chi connectivity index (χ4n) is 4.33. The third kappa shape index (κ3) is 2.46. The second-order valence-corrected chi connectivity index (χ2v) is 7.60. The van der Waals surface area contributed by atoms with Gasteiger partial charge in [0, 0.05) is 30.8 Å². The molecular weight excluding hydrogens is 380 g/mol. The Balaban J connectivity index is 1.51.